The fourth-order valence-corrected chi connectivity index (χ4v) is 6.57. The smallest absolute Gasteiger partial charge is 0.0991 e. The van der Waals surface area contributed by atoms with E-state index in [-0.39, 0.29) is 0 Å². The van der Waals surface area contributed by atoms with Crippen LogP contribution in [0.4, 0.5) is 17.1 Å². The summed E-state index contributed by atoms with van der Waals surface area (Å²) >= 11 is 0. The third kappa shape index (κ3) is 5.05. The summed E-state index contributed by atoms with van der Waals surface area (Å²) in [5.74, 6) is 0. The van der Waals surface area contributed by atoms with Gasteiger partial charge in [0.15, 0.2) is 0 Å². The summed E-state index contributed by atoms with van der Waals surface area (Å²) < 4.78 is 2.36. The topological polar surface area (TPSA) is 55.8 Å². The van der Waals surface area contributed by atoms with Gasteiger partial charge >= 0.3 is 0 Å². The zero-order valence-electron chi connectivity index (χ0n) is 26.0. The van der Waals surface area contributed by atoms with Crippen molar-refractivity contribution in [2.75, 3.05) is 4.90 Å². The maximum atomic E-state index is 9.39. The molecular formula is C44H28N4. The Kier molecular flexibility index (Phi) is 7.23. The van der Waals surface area contributed by atoms with E-state index in [0.29, 0.717) is 11.1 Å². The second-order valence-corrected chi connectivity index (χ2v) is 11.7. The predicted molar refractivity (Wildman–Crippen MR) is 196 cm³/mol. The van der Waals surface area contributed by atoms with E-state index in [0.717, 1.165) is 50.5 Å². The number of rotatable bonds is 6. The van der Waals surface area contributed by atoms with Crippen LogP contribution in [0.2, 0.25) is 0 Å². The van der Waals surface area contributed by atoms with Gasteiger partial charge in [0.1, 0.15) is 0 Å². The van der Waals surface area contributed by atoms with E-state index < -0.39 is 0 Å². The molecule has 1 heterocycles. The molecule has 0 atom stereocenters. The molecule has 0 spiro atoms. The van der Waals surface area contributed by atoms with Crippen LogP contribution >= 0.6 is 0 Å². The third-order valence-electron chi connectivity index (χ3n) is 8.86. The Morgan fingerprint density at radius 2 is 0.896 bits per heavy atom. The first-order chi connectivity index (χ1) is 23.7. The molecule has 48 heavy (non-hydrogen) atoms. The van der Waals surface area contributed by atoms with Crippen LogP contribution < -0.4 is 4.90 Å². The van der Waals surface area contributed by atoms with Gasteiger partial charge in [-0.15, -0.1) is 0 Å². The number of nitrogens with zero attached hydrogens (tertiary/aromatic N) is 4. The SMILES string of the molecule is N#Cc1ccc(N(c2ccc(C#N)cc2)c2ccc(-c3cc4c5ccccc5n(-c5ccccc5)c4cc3-c3ccccc3)cc2)cc1. The molecule has 4 heteroatoms. The van der Waals surface area contributed by atoms with Gasteiger partial charge in [-0.2, -0.15) is 10.5 Å². The van der Waals surface area contributed by atoms with Gasteiger partial charge in [0.05, 0.1) is 34.3 Å². The third-order valence-corrected chi connectivity index (χ3v) is 8.86. The Bertz CT molecular complexity index is 2420. The highest BCUT2D eigenvalue weighted by Gasteiger charge is 2.18. The van der Waals surface area contributed by atoms with Crippen LogP contribution in [0, 0.1) is 22.7 Å². The van der Waals surface area contributed by atoms with Gasteiger partial charge < -0.3 is 9.47 Å². The number of hydrogen-bond acceptors (Lipinski definition) is 3. The van der Waals surface area contributed by atoms with Crippen molar-refractivity contribution in [2.45, 2.75) is 0 Å². The lowest BCUT2D eigenvalue weighted by Gasteiger charge is -2.26. The Hall–Kier alpha value is -6.88. The number of aromatic nitrogens is 1. The van der Waals surface area contributed by atoms with Gasteiger partial charge in [-0.3, -0.25) is 0 Å². The van der Waals surface area contributed by atoms with E-state index in [1.165, 1.54) is 16.3 Å². The van der Waals surface area contributed by atoms with Crippen molar-refractivity contribution < 1.29 is 0 Å². The molecule has 0 aliphatic carbocycles. The Morgan fingerprint density at radius 3 is 1.48 bits per heavy atom. The monoisotopic (exact) mass is 612 g/mol. The van der Waals surface area contributed by atoms with Crippen molar-refractivity contribution in [3.63, 3.8) is 0 Å². The standard InChI is InChI=1S/C44H28N4/c45-29-31-15-21-36(22-16-31)47(37-23-17-32(30-46)18-24-37)38-25-19-34(20-26-38)40-27-42-39-13-7-8-14-43(39)48(35-11-5-2-6-12-35)44(42)28-41(40)33-9-3-1-4-10-33/h1-28H. The highest BCUT2D eigenvalue weighted by Crippen LogP contribution is 2.42. The van der Waals surface area contributed by atoms with E-state index >= 15 is 0 Å². The van der Waals surface area contributed by atoms with Crippen LogP contribution in [-0.2, 0) is 0 Å². The number of fused-ring (bicyclic) bond motifs is 3. The van der Waals surface area contributed by atoms with Crippen molar-refractivity contribution >= 4 is 38.9 Å². The first-order valence-electron chi connectivity index (χ1n) is 15.8. The van der Waals surface area contributed by atoms with E-state index in [4.69, 9.17) is 0 Å². The molecule has 0 N–H and O–H groups in total. The fraction of sp³-hybridized carbons (Fsp3) is 0. The summed E-state index contributed by atoms with van der Waals surface area (Å²) in [5.41, 5.74) is 12.1. The molecule has 0 bridgehead atoms. The molecule has 224 valence electrons. The summed E-state index contributed by atoms with van der Waals surface area (Å²) in [6.45, 7) is 0. The number of benzene rings is 7. The average molecular weight is 613 g/mol. The van der Waals surface area contributed by atoms with E-state index in [1.54, 1.807) is 0 Å². The van der Waals surface area contributed by atoms with Gasteiger partial charge in [0.2, 0.25) is 0 Å². The predicted octanol–water partition coefficient (Wildman–Crippen LogP) is 11.3. The lowest BCUT2D eigenvalue weighted by Crippen LogP contribution is -2.09. The van der Waals surface area contributed by atoms with Crippen LogP contribution in [0.25, 0.3) is 49.7 Å². The Labute approximate surface area is 279 Å². The molecule has 1 aromatic heterocycles. The minimum absolute atomic E-state index is 0.603. The van der Waals surface area contributed by atoms with Crippen molar-refractivity contribution in [1.29, 1.82) is 10.5 Å². The first kappa shape index (κ1) is 28.6. The largest absolute Gasteiger partial charge is 0.311 e. The second kappa shape index (κ2) is 12.1. The summed E-state index contributed by atoms with van der Waals surface area (Å²) in [6.07, 6.45) is 0. The number of hydrogen-bond donors (Lipinski definition) is 0. The van der Waals surface area contributed by atoms with Gasteiger partial charge in [0, 0.05) is 33.5 Å². The van der Waals surface area contributed by atoms with Gasteiger partial charge in [-0.1, -0.05) is 78.9 Å². The van der Waals surface area contributed by atoms with Gasteiger partial charge in [-0.05, 0) is 113 Å². The van der Waals surface area contributed by atoms with Crippen molar-refractivity contribution in [3.05, 3.63) is 181 Å². The molecule has 7 aromatic carbocycles. The van der Waals surface area contributed by atoms with E-state index in [1.807, 2.05) is 48.5 Å². The Morgan fingerprint density at radius 1 is 0.417 bits per heavy atom. The van der Waals surface area contributed by atoms with Crippen LogP contribution in [-0.4, -0.2) is 4.57 Å². The number of para-hydroxylation sites is 2. The number of nitriles is 2. The zero-order chi connectivity index (χ0) is 32.5. The van der Waals surface area contributed by atoms with E-state index in [9.17, 15) is 10.5 Å². The molecule has 0 saturated heterocycles. The normalized spacial score (nSPS) is 10.9. The minimum Gasteiger partial charge on any atom is -0.311 e. The molecule has 0 radical (unpaired) electrons. The molecule has 8 rings (SSSR count). The second-order valence-electron chi connectivity index (χ2n) is 11.7. The van der Waals surface area contributed by atoms with Crippen molar-refractivity contribution in [3.8, 4) is 40.1 Å². The minimum atomic E-state index is 0.603. The quantitative estimate of drug-likeness (QED) is 0.188. The van der Waals surface area contributed by atoms with Crippen LogP contribution in [0.5, 0.6) is 0 Å². The molecule has 4 nitrogen and oxygen atoms in total. The van der Waals surface area contributed by atoms with Crippen LogP contribution in [0.15, 0.2) is 170 Å². The summed E-state index contributed by atoms with van der Waals surface area (Å²) in [5, 5.41) is 21.2. The van der Waals surface area contributed by atoms with Crippen LogP contribution in [0.1, 0.15) is 11.1 Å². The maximum absolute atomic E-state index is 9.39. The van der Waals surface area contributed by atoms with E-state index in [2.05, 4.69) is 143 Å². The molecule has 0 saturated carbocycles. The Balaban J connectivity index is 1.31. The highest BCUT2D eigenvalue weighted by atomic mass is 15.1. The first-order valence-corrected chi connectivity index (χ1v) is 15.8. The summed E-state index contributed by atoms with van der Waals surface area (Å²) in [7, 11) is 0. The molecule has 0 aliphatic rings. The van der Waals surface area contributed by atoms with Gasteiger partial charge in [-0.25, -0.2) is 0 Å². The number of anilines is 3. The maximum Gasteiger partial charge on any atom is 0.0991 e. The molecule has 0 unspecified atom stereocenters. The van der Waals surface area contributed by atoms with Crippen molar-refractivity contribution in [1.82, 2.24) is 4.57 Å². The van der Waals surface area contributed by atoms with Crippen molar-refractivity contribution in [2.24, 2.45) is 0 Å². The lowest BCUT2D eigenvalue weighted by atomic mass is 9.92. The van der Waals surface area contributed by atoms with Gasteiger partial charge in [0.25, 0.3) is 0 Å². The average Bonchev–Trinajstić information content (AvgIpc) is 3.49. The summed E-state index contributed by atoms with van der Waals surface area (Å²) in [6, 6.07) is 62.6. The lowest BCUT2D eigenvalue weighted by molar-refractivity contribution is 1.18. The molecule has 0 fully saturated rings. The molecule has 8 aromatic rings. The highest BCUT2D eigenvalue weighted by molar-refractivity contribution is 6.12. The zero-order valence-corrected chi connectivity index (χ0v) is 26.0. The molecular weight excluding hydrogens is 585 g/mol. The fourth-order valence-electron chi connectivity index (χ4n) is 6.57. The molecule has 0 amide bonds. The molecule has 0 aliphatic heterocycles. The van der Waals surface area contributed by atoms with Crippen LogP contribution in [0.3, 0.4) is 0 Å². The summed E-state index contributed by atoms with van der Waals surface area (Å²) in [4.78, 5) is 2.14.